The predicted octanol–water partition coefficient (Wildman–Crippen LogP) is 5.39. The molecule has 0 atom stereocenters. The summed E-state index contributed by atoms with van der Waals surface area (Å²) >= 11 is 2.44. The minimum absolute atomic E-state index is 0.00340. The van der Waals surface area contributed by atoms with E-state index < -0.39 is 5.82 Å². The van der Waals surface area contributed by atoms with Crippen LogP contribution >= 0.6 is 23.1 Å². The molecule has 0 radical (unpaired) electrons. The monoisotopic (exact) mass is 518 g/mol. The zero-order valence-corrected chi connectivity index (χ0v) is 20.6. The molecule has 0 aliphatic carbocycles. The van der Waals surface area contributed by atoms with E-state index in [4.69, 9.17) is 4.74 Å². The highest BCUT2D eigenvalue weighted by molar-refractivity contribution is 7.99. The SMILES string of the molecule is COc1ccc(-c2csc(NC(=O)CSc3nc4ccccc4c(=O)n3-c3ccc(F)cc3)n2)cc1. The van der Waals surface area contributed by atoms with E-state index in [-0.39, 0.29) is 17.2 Å². The Labute approximate surface area is 213 Å². The standard InChI is InChI=1S/C26H19FN4O3S2/c1-34-19-12-6-16(7-13-19)22-14-35-25(28-22)30-23(32)15-36-26-29-21-5-3-2-4-20(21)24(33)31(26)18-10-8-17(27)9-11-18/h2-14H,15H2,1H3,(H,28,30,32). The Kier molecular flexibility index (Phi) is 6.79. The summed E-state index contributed by atoms with van der Waals surface area (Å²) in [5.74, 6) is 0.0555. The molecule has 180 valence electrons. The Bertz CT molecular complexity index is 1600. The van der Waals surface area contributed by atoms with Crippen LogP contribution in [0.1, 0.15) is 0 Å². The normalized spacial score (nSPS) is 10.9. The Morgan fingerprint density at radius 1 is 1.06 bits per heavy atom. The van der Waals surface area contributed by atoms with Gasteiger partial charge in [-0.05, 0) is 60.7 Å². The topological polar surface area (TPSA) is 86.1 Å². The minimum atomic E-state index is -0.411. The highest BCUT2D eigenvalue weighted by Gasteiger charge is 2.16. The largest absolute Gasteiger partial charge is 0.497 e. The van der Waals surface area contributed by atoms with Gasteiger partial charge < -0.3 is 10.1 Å². The van der Waals surface area contributed by atoms with Crippen LogP contribution in [0.3, 0.4) is 0 Å². The number of carbonyl (C=O) groups is 1. The van der Waals surface area contributed by atoms with Crippen molar-refractivity contribution in [2.24, 2.45) is 0 Å². The number of ether oxygens (including phenoxy) is 1. The highest BCUT2D eigenvalue weighted by atomic mass is 32.2. The van der Waals surface area contributed by atoms with E-state index in [1.54, 1.807) is 31.4 Å². The number of thiazole rings is 1. The fraction of sp³-hybridized carbons (Fsp3) is 0.0769. The molecule has 2 heterocycles. The zero-order chi connectivity index (χ0) is 25.1. The van der Waals surface area contributed by atoms with Gasteiger partial charge in [-0.25, -0.2) is 14.4 Å². The fourth-order valence-corrected chi connectivity index (χ4v) is 5.09. The Morgan fingerprint density at radius 2 is 1.81 bits per heavy atom. The summed E-state index contributed by atoms with van der Waals surface area (Å²) in [5, 5.41) is 5.90. The summed E-state index contributed by atoms with van der Waals surface area (Å²) < 4.78 is 20.1. The van der Waals surface area contributed by atoms with E-state index in [1.807, 2.05) is 29.6 Å². The lowest BCUT2D eigenvalue weighted by Gasteiger charge is -2.13. The number of nitrogens with zero attached hydrogens (tertiary/aromatic N) is 3. The van der Waals surface area contributed by atoms with Gasteiger partial charge in [0, 0.05) is 10.9 Å². The second kappa shape index (κ2) is 10.3. The van der Waals surface area contributed by atoms with Crippen LogP contribution in [0.2, 0.25) is 0 Å². The number of amides is 1. The van der Waals surface area contributed by atoms with Crippen LogP contribution in [0.4, 0.5) is 9.52 Å². The molecule has 10 heteroatoms. The van der Waals surface area contributed by atoms with Crippen molar-refractivity contribution in [3.05, 3.63) is 94.3 Å². The van der Waals surface area contributed by atoms with Gasteiger partial charge in [0.2, 0.25) is 5.91 Å². The summed E-state index contributed by atoms with van der Waals surface area (Å²) in [4.78, 5) is 35.0. The molecule has 0 saturated carbocycles. The van der Waals surface area contributed by atoms with Crippen LogP contribution in [-0.2, 0) is 4.79 Å². The highest BCUT2D eigenvalue weighted by Crippen LogP contribution is 2.27. The maximum atomic E-state index is 13.5. The van der Waals surface area contributed by atoms with Gasteiger partial charge in [-0.3, -0.25) is 14.2 Å². The van der Waals surface area contributed by atoms with Gasteiger partial charge in [0.1, 0.15) is 11.6 Å². The molecular formula is C26H19FN4O3S2. The first kappa shape index (κ1) is 23.7. The molecule has 0 bridgehead atoms. The Balaban J connectivity index is 1.35. The van der Waals surface area contributed by atoms with Gasteiger partial charge in [0.15, 0.2) is 10.3 Å². The fourth-order valence-electron chi connectivity index (χ4n) is 3.54. The van der Waals surface area contributed by atoms with Crippen LogP contribution in [0, 0.1) is 5.82 Å². The molecule has 3 aromatic carbocycles. The van der Waals surface area contributed by atoms with E-state index in [0.717, 1.165) is 28.8 Å². The molecule has 2 aromatic heterocycles. The first-order valence-corrected chi connectivity index (χ1v) is 12.7. The Morgan fingerprint density at radius 3 is 2.56 bits per heavy atom. The third-order valence-electron chi connectivity index (χ3n) is 5.30. The van der Waals surface area contributed by atoms with Gasteiger partial charge in [-0.15, -0.1) is 11.3 Å². The molecule has 0 saturated heterocycles. The summed E-state index contributed by atoms with van der Waals surface area (Å²) in [7, 11) is 1.61. The average molecular weight is 519 g/mol. The van der Waals surface area contributed by atoms with E-state index in [1.165, 1.54) is 40.2 Å². The quantitative estimate of drug-likeness (QED) is 0.230. The number of aromatic nitrogens is 3. The first-order chi connectivity index (χ1) is 17.5. The first-order valence-electron chi connectivity index (χ1n) is 10.8. The molecule has 0 aliphatic heterocycles. The number of para-hydroxylation sites is 1. The van der Waals surface area contributed by atoms with Crippen LogP contribution in [0.15, 0.2) is 88.1 Å². The van der Waals surface area contributed by atoms with Crippen molar-refractivity contribution >= 4 is 45.0 Å². The maximum Gasteiger partial charge on any atom is 0.266 e. The number of hydrogen-bond donors (Lipinski definition) is 1. The van der Waals surface area contributed by atoms with E-state index in [2.05, 4.69) is 15.3 Å². The summed E-state index contributed by atoms with van der Waals surface area (Å²) in [6.45, 7) is 0. The average Bonchev–Trinajstić information content (AvgIpc) is 3.37. The van der Waals surface area contributed by atoms with Crippen molar-refractivity contribution in [3.8, 4) is 22.7 Å². The van der Waals surface area contributed by atoms with Gasteiger partial charge in [0.25, 0.3) is 5.56 Å². The number of benzene rings is 3. The molecule has 5 rings (SSSR count). The number of carbonyl (C=O) groups excluding carboxylic acids is 1. The molecule has 7 nitrogen and oxygen atoms in total. The van der Waals surface area contributed by atoms with Gasteiger partial charge in [0.05, 0.1) is 35.1 Å². The summed E-state index contributed by atoms with van der Waals surface area (Å²) in [6, 6.07) is 20.0. The molecule has 36 heavy (non-hydrogen) atoms. The number of rotatable bonds is 7. The number of halogens is 1. The molecule has 0 aliphatic rings. The van der Waals surface area contributed by atoms with E-state index in [0.29, 0.717) is 26.9 Å². The second-order valence-electron chi connectivity index (χ2n) is 7.63. The second-order valence-corrected chi connectivity index (χ2v) is 9.43. The molecule has 0 unspecified atom stereocenters. The van der Waals surface area contributed by atoms with Crippen molar-refractivity contribution in [1.82, 2.24) is 14.5 Å². The molecule has 1 amide bonds. The van der Waals surface area contributed by atoms with E-state index in [9.17, 15) is 14.0 Å². The number of nitrogens with one attached hydrogen (secondary N) is 1. The lowest BCUT2D eigenvalue weighted by Crippen LogP contribution is -2.23. The van der Waals surface area contributed by atoms with Crippen molar-refractivity contribution in [3.63, 3.8) is 0 Å². The smallest absolute Gasteiger partial charge is 0.266 e. The molecule has 0 spiro atoms. The van der Waals surface area contributed by atoms with Crippen LogP contribution < -0.4 is 15.6 Å². The number of thioether (sulfide) groups is 1. The lowest BCUT2D eigenvalue weighted by atomic mass is 10.2. The van der Waals surface area contributed by atoms with Gasteiger partial charge in [-0.1, -0.05) is 23.9 Å². The van der Waals surface area contributed by atoms with Crippen LogP contribution in [0.5, 0.6) is 5.75 Å². The van der Waals surface area contributed by atoms with Gasteiger partial charge >= 0.3 is 0 Å². The van der Waals surface area contributed by atoms with Crippen molar-refractivity contribution in [2.45, 2.75) is 5.16 Å². The van der Waals surface area contributed by atoms with Gasteiger partial charge in [-0.2, -0.15) is 0 Å². The third kappa shape index (κ3) is 5.00. The van der Waals surface area contributed by atoms with Crippen LogP contribution in [-0.4, -0.2) is 33.3 Å². The van der Waals surface area contributed by atoms with Crippen molar-refractivity contribution in [2.75, 3.05) is 18.2 Å². The minimum Gasteiger partial charge on any atom is -0.497 e. The maximum absolute atomic E-state index is 13.5. The predicted molar refractivity (Wildman–Crippen MR) is 141 cm³/mol. The number of fused-ring (bicyclic) bond motifs is 1. The van der Waals surface area contributed by atoms with Crippen LogP contribution in [0.25, 0.3) is 27.8 Å². The number of anilines is 1. The lowest BCUT2D eigenvalue weighted by molar-refractivity contribution is -0.113. The Hall–Kier alpha value is -4.02. The third-order valence-corrected chi connectivity index (χ3v) is 6.99. The van der Waals surface area contributed by atoms with E-state index >= 15 is 0 Å². The van der Waals surface area contributed by atoms with Crippen molar-refractivity contribution in [1.29, 1.82) is 0 Å². The molecule has 5 aromatic rings. The zero-order valence-electron chi connectivity index (χ0n) is 19.0. The summed E-state index contributed by atoms with van der Waals surface area (Å²) in [6.07, 6.45) is 0. The number of methoxy groups -OCH3 is 1. The summed E-state index contributed by atoms with van der Waals surface area (Å²) in [5.41, 5.74) is 2.34. The molecule has 0 fully saturated rings. The molecule has 1 N–H and O–H groups in total. The number of hydrogen-bond acceptors (Lipinski definition) is 7. The van der Waals surface area contributed by atoms with Crippen molar-refractivity contribution < 1.29 is 13.9 Å². The molecular weight excluding hydrogens is 499 g/mol.